The van der Waals surface area contributed by atoms with Crippen LogP contribution in [0.4, 0.5) is 18.9 Å². The fourth-order valence-corrected chi connectivity index (χ4v) is 2.91. The van der Waals surface area contributed by atoms with Crippen LogP contribution in [0.5, 0.6) is 0 Å². The smallest absolute Gasteiger partial charge is 0.394 e. The molecular weight excluding hydrogens is 301 g/mol. The number of thiocarbonyl (C=S) groups is 1. The normalized spacial score (nSPS) is 22.6. The Morgan fingerprint density at radius 3 is 2.67 bits per heavy atom. The third kappa shape index (κ3) is 3.13. The topological polar surface area (TPSA) is 49.5 Å². The van der Waals surface area contributed by atoms with Crippen LogP contribution in [0, 0.1) is 5.92 Å². The van der Waals surface area contributed by atoms with Crippen LogP contribution in [0.1, 0.15) is 24.5 Å². The van der Waals surface area contributed by atoms with Crippen molar-refractivity contribution in [2.24, 2.45) is 11.7 Å². The van der Waals surface area contributed by atoms with Gasteiger partial charge in [0, 0.05) is 17.8 Å². The molecule has 1 aliphatic heterocycles. The van der Waals surface area contributed by atoms with Crippen LogP contribution >= 0.6 is 12.2 Å². The van der Waals surface area contributed by atoms with Gasteiger partial charge in [0.2, 0.25) is 0 Å². The van der Waals surface area contributed by atoms with Crippen molar-refractivity contribution in [3.8, 4) is 0 Å². The Kier molecular flexibility index (Phi) is 4.43. The Hall–Kier alpha value is -1.34. The van der Waals surface area contributed by atoms with Gasteiger partial charge in [-0.25, -0.2) is 0 Å². The van der Waals surface area contributed by atoms with Crippen LogP contribution in [0.2, 0.25) is 0 Å². The number of nitrogens with two attached hydrogens (primary N) is 1. The van der Waals surface area contributed by atoms with Gasteiger partial charge in [0.25, 0.3) is 0 Å². The van der Waals surface area contributed by atoms with Gasteiger partial charge in [0.05, 0.1) is 18.2 Å². The van der Waals surface area contributed by atoms with E-state index in [2.05, 4.69) is 0 Å². The largest absolute Gasteiger partial charge is 0.416 e. The lowest BCUT2D eigenvalue weighted by molar-refractivity contribution is -0.137. The van der Waals surface area contributed by atoms with Crippen LogP contribution in [0.3, 0.4) is 0 Å². The number of rotatable bonds is 3. The van der Waals surface area contributed by atoms with Gasteiger partial charge in [-0.15, -0.1) is 0 Å². The highest BCUT2D eigenvalue weighted by atomic mass is 32.1. The van der Waals surface area contributed by atoms with E-state index in [0.29, 0.717) is 12.2 Å². The van der Waals surface area contributed by atoms with Gasteiger partial charge in [-0.3, -0.25) is 0 Å². The van der Waals surface area contributed by atoms with Crippen molar-refractivity contribution in [2.75, 3.05) is 18.1 Å². The molecule has 3 nitrogen and oxygen atoms in total. The molecule has 1 aliphatic rings. The maximum absolute atomic E-state index is 12.8. The minimum Gasteiger partial charge on any atom is -0.394 e. The van der Waals surface area contributed by atoms with Crippen LogP contribution in [-0.2, 0) is 6.18 Å². The average Bonchev–Trinajstić information content (AvgIpc) is 2.77. The van der Waals surface area contributed by atoms with Gasteiger partial charge < -0.3 is 15.7 Å². The molecule has 2 rings (SSSR count). The molecule has 0 bridgehead atoms. The van der Waals surface area contributed by atoms with E-state index in [1.807, 2.05) is 11.8 Å². The zero-order chi connectivity index (χ0) is 15.8. The Morgan fingerprint density at radius 2 is 2.14 bits per heavy atom. The summed E-state index contributed by atoms with van der Waals surface area (Å²) in [6.45, 7) is 2.61. The lowest BCUT2D eigenvalue weighted by Crippen LogP contribution is -2.36. The summed E-state index contributed by atoms with van der Waals surface area (Å²) in [7, 11) is 0. The Bertz CT molecular complexity index is 548. The molecule has 0 aliphatic carbocycles. The minimum atomic E-state index is -4.44. The number of aliphatic hydroxyl groups is 1. The molecule has 1 aromatic rings. The highest BCUT2D eigenvalue weighted by Gasteiger charge is 2.35. The van der Waals surface area contributed by atoms with Crippen molar-refractivity contribution >= 4 is 22.9 Å². The standard InChI is InChI=1S/C14H17F3N2OS/c1-8-4-5-19(12(8)7-20)11-3-2-9(14(15,16)17)6-10(11)13(18)21/h2-3,6,8,12,20H,4-5,7H2,1H3,(H2,18,21). The van der Waals surface area contributed by atoms with Crippen LogP contribution in [0.15, 0.2) is 18.2 Å². The molecule has 1 heterocycles. The molecule has 0 amide bonds. The SMILES string of the molecule is CC1CCN(c2ccc(C(F)(F)F)cc2C(N)=S)C1CO. The Labute approximate surface area is 126 Å². The molecule has 1 fully saturated rings. The third-order valence-electron chi connectivity index (χ3n) is 3.97. The van der Waals surface area contributed by atoms with E-state index in [9.17, 15) is 18.3 Å². The van der Waals surface area contributed by atoms with Crippen molar-refractivity contribution in [1.82, 2.24) is 0 Å². The summed E-state index contributed by atoms with van der Waals surface area (Å²) in [5.41, 5.74) is 5.57. The summed E-state index contributed by atoms with van der Waals surface area (Å²) in [4.78, 5) is 1.81. The van der Waals surface area contributed by atoms with Crippen molar-refractivity contribution < 1.29 is 18.3 Å². The Morgan fingerprint density at radius 1 is 1.48 bits per heavy atom. The lowest BCUT2D eigenvalue weighted by atomic mass is 10.0. The highest BCUT2D eigenvalue weighted by Crippen LogP contribution is 2.36. The molecule has 0 spiro atoms. The molecule has 21 heavy (non-hydrogen) atoms. The second-order valence-electron chi connectivity index (χ2n) is 5.30. The van der Waals surface area contributed by atoms with E-state index < -0.39 is 11.7 Å². The zero-order valence-corrected chi connectivity index (χ0v) is 12.3. The predicted molar refractivity (Wildman–Crippen MR) is 79.3 cm³/mol. The Balaban J connectivity index is 2.47. The summed E-state index contributed by atoms with van der Waals surface area (Å²) in [6, 6.07) is 3.26. The van der Waals surface area contributed by atoms with Crippen molar-refractivity contribution in [2.45, 2.75) is 25.6 Å². The van der Waals surface area contributed by atoms with E-state index in [0.717, 1.165) is 18.6 Å². The highest BCUT2D eigenvalue weighted by molar-refractivity contribution is 7.80. The van der Waals surface area contributed by atoms with E-state index in [-0.39, 0.29) is 29.1 Å². The van der Waals surface area contributed by atoms with Crippen molar-refractivity contribution in [1.29, 1.82) is 0 Å². The van der Waals surface area contributed by atoms with Crippen molar-refractivity contribution in [3.63, 3.8) is 0 Å². The predicted octanol–water partition coefficient (Wildman–Crippen LogP) is 2.55. The molecule has 2 atom stereocenters. The summed E-state index contributed by atoms with van der Waals surface area (Å²) in [5, 5.41) is 9.50. The molecule has 1 saturated heterocycles. The number of alkyl halides is 3. The summed E-state index contributed by atoms with van der Waals surface area (Å²) < 4.78 is 38.4. The van der Waals surface area contributed by atoms with Gasteiger partial charge >= 0.3 is 6.18 Å². The zero-order valence-electron chi connectivity index (χ0n) is 11.5. The van der Waals surface area contributed by atoms with Gasteiger partial charge in [0.15, 0.2) is 0 Å². The number of anilines is 1. The number of halogens is 3. The molecule has 1 aromatic carbocycles. The summed E-state index contributed by atoms with van der Waals surface area (Å²) in [5.74, 6) is 0.261. The molecule has 7 heteroatoms. The van der Waals surface area contributed by atoms with Gasteiger partial charge in [-0.1, -0.05) is 19.1 Å². The first-order valence-corrected chi connectivity index (χ1v) is 7.05. The van der Waals surface area contributed by atoms with E-state index in [1.54, 1.807) is 0 Å². The second kappa shape index (κ2) is 5.81. The van der Waals surface area contributed by atoms with Gasteiger partial charge in [-0.05, 0) is 30.5 Å². The van der Waals surface area contributed by atoms with Gasteiger partial charge in [-0.2, -0.15) is 13.2 Å². The summed E-state index contributed by atoms with van der Waals surface area (Å²) >= 11 is 4.89. The van der Waals surface area contributed by atoms with E-state index in [1.165, 1.54) is 6.07 Å². The van der Waals surface area contributed by atoms with E-state index >= 15 is 0 Å². The maximum Gasteiger partial charge on any atom is 0.416 e. The molecule has 2 unspecified atom stereocenters. The van der Waals surface area contributed by atoms with Crippen LogP contribution < -0.4 is 10.6 Å². The van der Waals surface area contributed by atoms with Crippen molar-refractivity contribution in [3.05, 3.63) is 29.3 Å². The number of hydrogen-bond acceptors (Lipinski definition) is 3. The fraction of sp³-hybridized carbons (Fsp3) is 0.500. The number of hydrogen-bond donors (Lipinski definition) is 2. The molecular formula is C14H17F3N2OS. The monoisotopic (exact) mass is 318 g/mol. The molecule has 116 valence electrons. The first-order valence-electron chi connectivity index (χ1n) is 6.64. The van der Waals surface area contributed by atoms with Crippen LogP contribution in [-0.4, -0.2) is 29.3 Å². The van der Waals surface area contributed by atoms with E-state index in [4.69, 9.17) is 18.0 Å². The molecule has 0 radical (unpaired) electrons. The maximum atomic E-state index is 12.8. The quantitative estimate of drug-likeness (QED) is 0.841. The number of nitrogens with zero attached hydrogens (tertiary/aromatic N) is 1. The average molecular weight is 318 g/mol. The second-order valence-corrected chi connectivity index (χ2v) is 5.74. The lowest BCUT2D eigenvalue weighted by Gasteiger charge is -2.29. The first kappa shape index (κ1) is 16.0. The molecule has 3 N–H and O–H groups in total. The van der Waals surface area contributed by atoms with Gasteiger partial charge in [0.1, 0.15) is 4.99 Å². The van der Waals surface area contributed by atoms with Crippen LogP contribution in [0.25, 0.3) is 0 Å². The summed E-state index contributed by atoms with van der Waals surface area (Å²) in [6.07, 6.45) is -3.57. The first-order chi connectivity index (χ1) is 9.75. The minimum absolute atomic E-state index is 0.0566. The molecule has 0 aromatic heterocycles. The molecule has 0 saturated carbocycles. The third-order valence-corrected chi connectivity index (χ3v) is 4.19. The number of aliphatic hydroxyl groups excluding tert-OH is 1. The number of benzene rings is 1. The fourth-order valence-electron chi connectivity index (χ4n) is 2.75.